The molecule has 0 unspecified atom stereocenters. The lowest BCUT2D eigenvalue weighted by Gasteiger charge is -2.36. The molecule has 2 aromatic carbocycles. The van der Waals surface area contributed by atoms with Crippen LogP contribution in [0.4, 0.5) is 0 Å². The highest BCUT2D eigenvalue weighted by Crippen LogP contribution is 2.39. The highest BCUT2D eigenvalue weighted by atomic mass is 35.5. The van der Waals surface area contributed by atoms with Crippen LogP contribution < -0.4 is 10.6 Å². The number of thiophene rings is 1. The van der Waals surface area contributed by atoms with E-state index in [9.17, 15) is 14.4 Å². The molecule has 0 saturated heterocycles. The Morgan fingerprint density at radius 2 is 1.63 bits per heavy atom. The van der Waals surface area contributed by atoms with Crippen molar-refractivity contribution in [3.8, 4) is 5.00 Å². The van der Waals surface area contributed by atoms with E-state index in [-0.39, 0.29) is 35.0 Å². The van der Waals surface area contributed by atoms with Gasteiger partial charge in [-0.1, -0.05) is 46.9 Å². The normalized spacial score (nSPS) is 18.7. The molecule has 46 heavy (non-hydrogen) atoms. The fourth-order valence-corrected chi connectivity index (χ4v) is 7.47. The van der Waals surface area contributed by atoms with Gasteiger partial charge in [0.2, 0.25) is 11.8 Å². The predicted octanol–water partition coefficient (Wildman–Crippen LogP) is 6.70. The largest absolute Gasteiger partial charge is 0.353 e. The third-order valence-corrected chi connectivity index (χ3v) is 10.2. The van der Waals surface area contributed by atoms with Gasteiger partial charge in [-0.3, -0.25) is 23.9 Å². The van der Waals surface area contributed by atoms with Gasteiger partial charge in [0.15, 0.2) is 11.6 Å². The summed E-state index contributed by atoms with van der Waals surface area (Å²) in [5, 5.41) is 17.0. The molecule has 1 atom stereocenters. The summed E-state index contributed by atoms with van der Waals surface area (Å²) in [4.78, 5) is 44.5. The predicted molar refractivity (Wildman–Crippen MR) is 181 cm³/mol. The molecule has 1 saturated carbocycles. The number of nitrogens with one attached hydrogen (secondary N) is 2. The second-order valence-electron chi connectivity index (χ2n) is 11.4. The first-order valence-electron chi connectivity index (χ1n) is 14.6. The first kappa shape index (κ1) is 32.1. The molecule has 0 bridgehead atoms. The molecule has 2 amide bonds. The third-order valence-electron chi connectivity index (χ3n) is 8.17. The minimum absolute atomic E-state index is 0.0772. The molecule has 3 heterocycles. The minimum atomic E-state index is -0.571. The first-order valence-corrected chi connectivity index (χ1v) is 16.6. The van der Waals surface area contributed by atoms with Gasteiger partial charge in [-0.15, -0.1) is 21.5 Å². The van der Waals surface area contributed by atoms with Crippen molar-refractivity contribution in [2.24, 2.45) is 4.99 Å². The van der Waals surface area contributed by atoms with Gasteiger partial charge in [-0.05, 0) is 75.6 Å². The number of halogens is 3. The summed E-state index contributed by atoms with van der Waals surface area (Å²) in [7, 11) is 0. The van der Waals surface area contributed by atoms with E-state index in [4.69, 9.17) is 39.8 Å². The highest BCUT2D eigenvalue weighted by molar-refractivity contribution is 7.15. The molecule has 0 radical (unpaired) electrons. The number of rotatable bonds is 8. The van der Waals surface area contributed by atoms with E-state index >= 15 is 0 Å². The summed E-state index contributed by atoms with van der Waals surface area (Å²) in [6, 6.07) is 11.3. The van der Waals surface area contributed by atoms with E-state index in [2.05, 4.69) is 34.7 Å². The van der Waals surface area contributed by atoms with Gasteiger partial charge in [0, 0.05) is 49.8 Å². The first-order chi connectivity index (χ1) is 22.0. The number of hydrogen-bond donors (Lipinski definition) is 2. The maximum Gasteiger partial charge on any atom is 0.244 e. The van der Waals surface area contributed by atoms with Crippen LogP contribution >= 0.6 is 46.1 Å². The number of fused-ring (bicyclic) bond motifs is 3. The molecule has 2 aromatic heterocycles. The number of allylic oxidation sites excluding steroid dienone is 1. The molecule has 1 aliphatic carbocycles. The quantitative estimate of drug-likeness (QED) is 0.157. The number of aryl methyl sites for hydroxylation is 2. The maximum absolute atomic E-state index is 13.3. The number of aliphatic imine (C=N–C) groups is 1. The fourth-order valence-electron chi connectivity index (χ4n) is 5.63. The van der Waals surface area contributed by atoms with Crippen LogP contribution in [0.15, 0.2) is 59.6 Å². The van der Waals surface area contributed by atoms with Crippen LogP contribution in [0.2, 0.25) is 15.1 Å². The lowest BCUT2D eigenvalue weighted by Crippen LogP contribution is -2.53. The molecule has 236 valence electrons. The molecule has 2 N–H and O–H groups in total. The zero-order valence-corrected chi connectivity index (χ0v) is 28.2. The lowest BCUT2D eigenvalue weighted by atomic mass is 9.86. The van der Waals surface area contributed by atoms with Crippen molar-refractivity contribution in [2.75, 3.05) is 0 Å². The van der Waals surface area contributed by atoms with E-state index in [1.54, 1.807) is 17.4 Å². The van der Waals surface area contributed by atoms with Gasteiger partial charge >= 0.3 is 0 Å². The molecule has 1 fully saturated rings. The number of carbonyl (C=O) groups excluding carboxylic acids is 3. The summed E-state index contributed by atoms with van der Waals surface area (Å²) < 4.78 is 2.01. The second kappa shape index (κ2) is 13.1. The number of amides is 2. The van der Waals surface area contributed by atoms with Gasteiger partial charge in [-0.25, -0.2) is 0 Å². The number of ketones is 1. The summed E-state index contributed by atoms with van der Waals surface area (Å²) in [6.07, 6.45) is 3.57. The number of carbonyl (C=O) groups is 3. The fraction of sp³-hybridized carbons (Fsp3) is 0.273. The SMILES string of the molecule is Cc1sc2c(c1C)C(c1ccc(Cl)cc1)=N[C@@H](CC(=O)N[C@H]1C[C@H](NC(=O)/C=C/C(=O)c3ccc(Cl)cc3Cl)C1)c1nnc(C)n1-2. The van der Waals surface area contributed by atoms with Crippen molar-refractivity contribution < 1.29 is 14.4 Å². The molecule has 1 aliphatic heterocycles. The van der Waals surface area contributed by atoms with Crippen LogP contribution in [0, 0.1) is 20.8 Å². The molecule has 6 rings (SSSR count). The summed E-state index contributed by atoms with van der Waals surface area (Å²) >= 11 is 19.8. The Morgan fingerprint density at radius 3 is 2.35 bits per heavy atom. The molecule has 13 heteroatoms. The Bertz CT molecular complexity index is 1920. The van der Waals surface area contributed by atoms with Gasteiger partial charge < -0.3 is 10.6 Å². The number of hydrogen-bond acceptors (Lipinski definition) is 7. The van der Waals surface area contributed by atoms with Crippen molar-refractivity contribution in [2.45, 2.75) is 58.2 Å². The van der Waals surface area contributed by atoms with Crippen LogP contribution in [-0.2, 0) is 9.59 Å². The Labute approximate surface area is 284 Å². The Balaban J connectivity index is 1.11. The average Bonchev–Trinajstić information content (AvgIpc) is 3.47. The van der Waals surface area contributed by atoms with Gasteiger partial charge in [-0.2, -0.15) is 0 Å². The Kier molecular flexibility index (Phi) is 9.16. The smallest absolute Gasteiger partial charge is 0.244 e. The number of benzene rings is 2. The van der Waals surface area contributed by atoms with Crippen molar-refractivity contribution in [3.05, 3.63) is 108 Å². The van der Waals surface area contributed by atoms with Crippen LogP contribution in [0.3, 0.4) is 0 Å². The molecule has 2 aliphatic rings. The lowest BCUT2D eigenvalue weighted by molar-refractivity contribution is -0.123. The second-order valence-corrected chi connectivity index (χ2v) is 13.9. The van der Waals surface area contributed by atoms with Crippen molar-refractivity contribution in [1.29, 1.82) is 0 Å². The molecular formula is C33H29Cl3N6O3S. The molecule has 4 aromatic rings. The van der Waals surface area contributed by atoms with Crippen molar-refractivity contribution in [3.63, 3.8) is 0 Å². The Hall–Kier alpha value is -3.83. The van der Waals surface area contributed by atoms with Crippen molar-refractivity contribution in [1.82, 2.24) is 25.4 Å². The van der Waals surface area contributed by atoms with Crippen LogP contribution in [0.1, 0.15) is 68.9 Å². The van der Waals surface area contributed by atoms with Crippen molar-refractivity contribution >= 4 is 69.4 Å². The maximum atomic E-state index is 13.3. The summed E-state index contributed by atoms with van der Waals surface area (Å²) in [5.41, 5.74) is 4.06. The van der Waals surface area contributed by atoms with E-state index in [0.717, 1.165) is 33.2 Å². The zero-order chi connectivity index (χ0) is 32.7. The standard InChI is InChI=1S/C33H29Cl3N6O3S/c1-16-17(2)46-33-30(16)31(19-4-6-20(34)7-5-19)39-26(32-41-40-18(3)42(32)33)15-29(45)38-23-13-22(14-23)37-28(44)11-10-27(43)24-9-8-21(35)12-25(24)36/h4-12,22-23,26H,13-15H2,1-3H3,(H,37,44)(H,38,45)/b11-10+/t22-,23-,26-/m0/s1. The van der Waals surface area contributed by atoms with Crippen LogP contribution in [0.5, 0.6) is 0 Å². The van der Waals surface area contributed by atoms with Gasteiger partial charge in [0.25, 0.3) is 0 Å². The average molecular weight is 696 g/mol. The monoisotopic (exact) mass is 694 g/mol. The van der Waals surface area contributed by atoms with Crippen LogP contribution in [0.25, 0.3) is 5.00 Å². The zero-order valence-electron chi connectivity index (χ0n) is 25.1. The Morgan fingerprint density at radius 1 is 0.935 bits per heavy atom. The van der Waals surface area contributed by atoms with Crippen LogP contribution in [-0.4, -0.2) is 50.2 Å². The number of aromatic nitrogens is 3. The number of nitrogens with zero attached hydrogens (tertiary/aromatic N) is 4. The topological polar surface area (TPSA) is 118 Å². The van der Waals surface area contributed by atoms with E-state index in [0.29, 0.717) is 28.7 Å². The minimum Gasteiger partial charge on any atom is -0.353 e. The van der Waals surface area contributed by atoms with E-state index in [1.807, 2.05) is 35.8 Å². The summed E-state index contributed by atoms with van der Waals surface area (Å²) in [5.74, 6) is 0.361. The van der Waals surface area contributed by atoms with Gasteiger partial charge in [0.1, 0.15) is 16.9 Å². The summed E-state index contributed by atoms with van der Waals surface area (Å²) in [6.45, 7) is 6.06. The third kappa shape index (κ3) is 6.53. The van der Waals surface area contributed by atoms with E-state index in [1.165, 1.54) is 29.2 Å². The highest BCUT2D eigenvalue weighted by Gasteiger charge is 2.35. The molecule has 9 nitrogen and oxygen atoms in total. The molecule has 0 spiro atoms. The van der Waals surface area contributed by atoms with Gasteiger partial charge in [0.05, 0.1) is 17.2 Å². The molecular weight excluding hydrogens is 667 g/mol. The van der Waals surface area contributed by atoms with E-state index < -0.39 is 17.7 Å².